The van der Waals surface area contributed by atoms with Gasteiger partial charge in [0.1, 0.15) is 17.9 Å². The van der Waals surface area contributed by atoms with Crippen molar-refractivity contribution in [3.63, 3.8) is 0 Å². The summed E-state index contributed by atoms with van der Waals surface area (Å²) in [7, 11) is -3.79. The van der Waals surface area contributed by atoms with Crippen molar-refractivity contribution in [3.05, 3.63) is 65.0 Å². The van der Waals surface area contributed by atoms with Gasteiger partial charge in [-0.25, -0.2) is 23.1 Å². The Bertz CT molecular complexity index is 1300. The Kier molecular flexibility index (Phi) is 8.09. The minimum Gasteiger partial charge on any atom is -0.482 e. The van der Waals surface area contributed by atoms with Crippen LogP contribution in [0.3, 0.4) is 0 Å². The largest absolute Gasteiger partial charge is 0.482 e. The van der Waals surface area contributed by atoms with Crippen molar-refractivity contribution in [2.45, 2.75) is 4.90 Å². The van der Waals surface area contributed by atoms with Crippen LogP contribution in [0.15, 0.2) is 68.7 Å². The van der Waals surface area contributed by atoms with Crippen molar-refractivity contribution >= 4 is 50.3 Å². The zero-order chi connectivity index (χ0) is 23.8. The van der Waals surface area contributed by atoms with Crippen LogP contribution in [0.5, 0.6) is 5.75 Å². The van der Waals surface area contributed by atoms with E-state index in [1.807, 2.05) is 0 Å². The zero-order valence-electron chi connectivity index (χ0n) is 17.2. The van der Waals surface area contributed by atoms with E-state index in [2.05, 4.69) is 5.32 Å². The van der Waals surface area contributed by atoms with E-state index in [9.17, 15) is 22.8 Å². The molecule has 0 saturated heterocycles. The van der Waals surface area contributed by atoms with E-state index in [1.165, 1.54) is 48.2 Å². The quantitative estimate of drug-likeness (QED) is 0.244. The standard InChI is InChI=1S/C21H20N2O8S2/c22-33(27,28)17-6-3-15(4-7-17)23-19(24)13-32-10-9-29-21(26)12-30-16-5-1-14-2-8-20(25)31-18(14)11-16/h1-8,11H,9-10,12-13H2,(H,23,24)(H2,22,27,28). The lowest BCUT2D eigenvalue weighted by molar-refractivity contribution is -0.145. The first-order valence-electron chi connectivity index (χ1n) is 9.53. The van der Waals surface area contributed by atoms with Crippen molar-refractivity contribution in [1.82, 2.24) is 0 Å². The molecule has 0 aliphatic rings. The number of esters is 1. The first kappa shape index (κ1) is 24.3. The van der Waals surface area contributed by atoms with Crippen LogP contribution in [0, 0.1) is 0 Å². The molecule has 33 heavy (non-hydrogen) atoms. The average molecular weight is 493 g/mol. The number of carbonyl (C=O) groups is 2. The van der Waals surface area contributed by atoms with Gasteiger partial charge >= 0.3 is 11.6 Å². The molecule has 10 nitrogen and oxygen atoms in total. The molecular formula is C21H20N2O8S2. The van der Waals surface area contributed by atoms with Crippen LogP contribution < -0.4 is 20.8 Å². The van der Waals surface area contributed by atoms with Crippen LogP contribution in [0.25, 0.3) is 11.0 Å². The maximum atomic E-state index is 11.9. The number of nitrogens with two attached hydrogens (primary N) is 1. The smallest absolute Gasteiger partial charge is 0.344 e. The first-order chi connectivity index (χ1) is 15.7. The summed E-state index contributed by atoms with van der Waals surface area (Å²) in [4.78, 5) is 35.0. The van der Waals surface area contributed by atoms with E-state index >= 15 is 0 Å². The molecule has 1 amide bonds. The maximum Gasteiger partial charge on any atom is 0.344 e. The second-order valence-corrected chi connectivity index (χ2v) is 9.30. The molecule has 12 heteroatoms. The van der Waals surface area contributed by atoms with Crippen LogP contribution in [-0.4, -0.2) is 45.0 Å². The lowest BCUT2D eigenvalue weighted by Gasteiger charge is -2.08. The van der Waals surface area contributed by atoms with Gasteiger partial charge in [0.15, 0.2) is 6.61 Å². The Labute approximate surface area is 193 Å². The van der Waals surface area contributed by atoms with Gasteiger partial charge in [0.25, 0.3) is 0 Å². The Morgan fingerprint density at radius 3 is 2.52 bits per heavy atom. The molecule has 3 N–H and O–H groups in total. The molecule has 0 spiro atoms. The van der Waals surface area contributed by atoms with Gasteiger partial charge in [0.05, 0.1) is 10.6 Å². The summed E-state index contributed by atoms with van der Waals surface area (Å²) in [6.07, 6.45) is 0. The number of fused-ring (bicyclic) bond motifs is 1. The number of thioether (sulfide) groups is 1. The predicted octanol–water partition coefficient (Wildman–Crippen LogP) is 1.73. The molecule has 0 atom stereocenters. The predicted molar refractivity (Wildman–Crippen MR) is 123 cm³/mol. The number of hydrogen-bond acceptors (Lipinski definition) is 9. The number of amides is 1. The lowest BCUT2D eigenvalue weighted by Crippen LogP contribution is -2.18. The number of benzene rings is 2. The fraction of sp³-hybridized carbons (Fsp3) is 0.190. The summed E-state index contributed by atoms with van der Waals surface area (Å²) in [5.41, 5.74) is 0.304. The summed E-state index contributed by atoms with van der Waals surface area (Å²) in [6.45, 7) is -0.224. The van der Waals surface area contributed by atoms with Crippen LogP contribution >= 0.6 is 11.8 Å². The molecule has 1 heterocycles. The molecule has 0 bridgehead atoms. The molecule has 3 rings (SSSR count). The maximum absolute atomic E-state index is 11.9. The van der Waals surface area contributed by atoms with Gasteiger partial charge in [0, 0.05) is 29.0 Å². The highest BCUT2D eigenvalue weighted by molar-refractivity contribution is 7.99. The minimum atomic E-state index is -3.79. The summed E-state index contributed by atoms with van der Waals surface area (Å²) in [6, 6.07) is 13.3. The van der Waals surface area contributed by atoms with Gasteiger partial charge in [-0.05, 0) is 42.5 Å². The summed E-state index contributed by atoms with van der Waals surface area (Å²) < 4.78 is 37.9. The fourth-order valence-electron chi connectivity index (χ4n) is 2.62. The first-order valence-corrected chi connectivity index (χ1v) is 12.2. The van der Waals surface area contributed by atoms with Gasteiger partial charge in [0.2, 0.25) is 15.9 Å². The topological polar surface area (TPSA) is 155 Å². The number of rotatable bonds is 10. The third-order valence-corrected chi connectivity index (χ3v) is 5.99. The molecule has 0 saturated carbocycles. The second kappa shape index (κ2) is 11.0. The Morgan fingerprint density at radius 2 is 1.79 bits per heavy atom. The molecule has 0 radical (unpaired) electrons. The van der Waals surface area contributed by atoms with Crippen molar-refractivity contribution in [3.8, 4) is 5.75 Å². The number of primary sulfonamides is 1. The SMILES string of the molecule is NS(=O)(=O)c1ccc(NC(=O)CSCCOC(=O)COc2ccc3ccc(=O)oc3c2)cc1. The lowest BCUT2D eigenvalue weighted by atomic mass is 10.2. The Morgan fingerprint density at radius 1 is 1.06 bits per heavy atom. The third-order valence-electron chi connectivity index (χ3n) is 4.14. The molecule has 1 aromatic heterocycles. The van der Waals surface area contributed by atoms with E-state index in [0.29, 0.717) is 22.8 Å². The van der Waals surface area contributed by atoms with Gasteiger partial charge in [-0.15, -0.1) is 11.8 Å². The number of nitrogens with one attached hydrogen (secondary N) is 1. The van der Waals surface area contributed by atoms with E-state index in [-0.39, 0.29) is 29.8 Å². The molecular weight excluding hydrogens is 472 g/mol. The normalized spacial score (nSPS) is 11.2. The summed E-state index contributed by atoms with van der Waals surface area (Å²) in [5, 5.41) is 8.37. The molecule has 174 valence electrons. The summed E-state index contributed by atoms with van der Waals surface area (Å²) >= 11 is 1.26. The molecule has 0 aliphatic heterocycles. The van der Waals surface area contributed by atoms with Gasteiger partial charge in [-0.3, -0.25) is 4.79 Å². The van der Waals surface area contributed by atoms with Crippen LogP contribution in [0.1, 0.15) is 0 Å². The van der Waals surface area contributed by atoms with Gasteiger partial charge in [-0.2, -0.15) is 0 Å². The Balaban J connectivity index is 1.32. The van der Waals surface area contributed by atoms with Crippen molar-refractivity contribution in [2.24, 2.45) is 5.14 Å². The fourth-order valence-corrected chi connectivity index (χ4v) is 3.74. The van der Waals surface area contributed by atoms with Crippen molar-refractivity contribution < 1.29 is 31.9 Å². The van der Waals surface area contributed by atoms with Crippen LogP contribution in [0.2, 0.25) is 0 Å². The Hall–Kier alpha value is -3.35. The minimum absolute atomic E-state index is 0.0483. The third kappa shape index (κ3) is 7.63. The average Bonchev–Trinajstić information content (AvgIpc) is 2.77. The van der Waals surface area contributed by atoms with E-state index in [4.69, 9.17) is 19.0 Å². The number of ether oxygens (including phenoxy) is 2. The van der Waals surface area contributed by atoms with Crippen LogP contribution in [-0.2, 0) is 24.3 Å². The second-order valence-electron chi connectivity index (χ2n) is 6.63. The molecule has 2 aromatic carbocycles. The summed E-state index contributed by atoms with van der Waals surface area (Å²) in [5.74, 6) is 0.000278. The number of hydrogen-bond donors (Lipinski definition) is 2. The molecule has 3 aromatic rings. The monoisotopic (exact) mass is 492 g/mol. The molecule has 0 aliphatic carbocycles. The number of sulfonamides is 1. The molecule has 0 unspecified atom stereocenters. The van der Waals surface area contributed by atoms with E-state index in [0.717, 1.165) is 5.39 Å². The van der Waals surface area contributed by atoms with Crippen LogP contribution in [0.4, 0.5) is 5.69 Å². The van der Waals surface area contributed by atoms with Gasteiger partial charge in [-0.1, -0.05) is 0 Å². The highest BCUT2D eigenvalue weighted by Gasteiger charge is 2.09. The van der Waals surface area contributed by atoms with Crippen molar-refractivity contribution in [1.29, 1.82) is 0 Å². The highest BCUT2D eigenvalue weighted by atomic mass is 32.2. The number of anilines is 1. The molecule has 0 fully saturated rings. The van der Waals surface area contributed by atoms with Gasteiger partial charge < -0.3 is 19.2 Å². The number of carbonyl (C=O) groups excluding carboxylic acids is 2. The zero-order valence-corrected chi connectivity index (χ0v) is 18.8. The highest BCUT2D eigenvalue weighted by Crippen LogP contribution is 2.19. The van der Waals surface area contributed by atoms with E-state index in [1.54, 1.807) is 18.2 Å². The van der Waals surface area contributed by atoms with Crippen molar-refractivity contribution in [2.75, 3.05) is 30.0 Å². The van der Waals surface area contributed by atoms with E-state index < -0.39 is 21.6 Å².